The number of rotatable bonds is 6. The van der Waals surface area contributed by atoms with Gasteiger partial charge in [0, 0.05) is 5.56 Å². The molecule has 4 heteroatoms. The Morgan fingerprint density at radius 1 is 1.12 bits per heavy atom. The molecule has 2 aromatic carbocycles. The molecule has 0 saturated carbocycles. The summed E-state index contributed by atoms with van der Waals surface area (Å²) in [5, 5.41) is 10.7. The first kappa shape index (κ1) is 19.3. The minimum absolute atomic E-state index is 0.110. The summed E-state index contributed by atoms with van der Waals surface area (Å²) in [4.78, 5) is 12.3. The van der Waals surface area contributed by atoms with Crippen LogP contribution in [0.4, 0.5) is 0 Å². The second-order valence-electron chi connectivity index (χ2n) is 6.09. The van der Waals surface area contributed by atoms with Crippen molar-refractivity contribution in [3.8, 4) is 11.5 Å². The van der Waals surface area contributed by atoms with Crippen LogP contribution in [0.25, 0.3) is 12.2 Å². The van der Waals surface area contributed by atoms with Crippen molar-refractivity contribution in [2.24, 2.45) is 0 Å². The van der Waals surface area contributed by atoms with E-state index in [0.29, 0.717) is 23.3 Å². The molecule has 136 valence electrons. The van der Waals surface area contributed by atoms with E-state index in [9.17, 15) is 9.90 Å². The number of methoxy groups -OCH3 is 2. The Morgan fingerprint density at radius 3 is 2.38 bits per heavy atom. The van der Waals surface area contributed by atoms with Crippen LogP contribution in [-0.4, -0.2) is 25.3 Å². The van der Waals surface area contributed by atoms with Crippen molar-refractivity contribution in [3.05, 3.63) is 70.3 Å². The first-order chi connectivity index (χ1) is 12.5. The van der Waals surface area contributed by atoms with Gasteiger partial charge < -0.3 is 14.6 Å². The fourth-order valence-electron chi connectivity index (χ4n) is 2.59. The highest BCUT2D eigenvalue weighted by Crippen LogP contribution is 2.36. The number of hydrogen-bond acceptors (Lipinski definition) is 4. The van der Waals surface area contributed by atoms with Gasteiger partial charge in [0.2, 0.25) is 0 Å². The van der Waals surface area contributed by atoms with Crippen molar-refractivity contribution in [1.82, 2.24) is 0 Å². The lowest BCUT2D eigenvalue weighted by atomic mass is 9.97. The van der Waals surface area contributed by atoms with Crippen molar-refractivity contribution < 1.29 is 19.4 Å². The van der Waals surface area contributed by atoms with Gasteiger partial charge in [-0.05, 0) is 37.5 Å². The number of aromatic hydroxyl groups is 1. The Morgan fingerprint density at radius 2 is 1.81 bits per heavy atom. The van der Waals surface area contributed by atoms with E-state index < -0.39 is 5.97 Å². The lowest BCUT2D eigenvalue weighted by molar-refractivity contribution is 0.0597. The molecule has 2 rings (SSSR count). The van der Waals surface area contributed by atoms with E-state index >= 15 is 0 Å². The predicted octanol–water partition coefficient (Wildman–Crippen LogP) is 4.87. The molecule has 0 radical (unpaired) electrons. The van der Waals surface area contributed by atoms with Gasteiger partial charge in [0.1, 0.15) is 17.1 Å². The van der Waals surface area contributed by atoms with Crippen LogP contribution in [0.5, 0.6) is 11.5 Å². The van der Waals surface area contributed by atoms with Crippen LogP contribution in [0.1, 0.15) is 40.9 Å². The molecule has 0 saturated heterocycles. The molecular weight excluding hydrogens is 328 g/mol. The molecular formula is C22H24O4. The lowest BCUT2D eigenvalue weighted by Crippen LogP contribution is -2.07. The normalized spacial score (nSPS) is 10.6. The summed E-state index contributed by atoms with van der Waals surface area (Å²) >= 11 is 0. The molecule has 0 bridgehead atoms. The summed E-state index contributed by atoms with van der Waals surface area (Å²) in [5.41, 5.74) is 3.33. The van der Waals surface area contributed by atoms with Gasteiger partial charge in [-0.25, -0.2) is 4.79 Å². The van der Waals surface area contributed by atoms with E-state index in [1.54, 1.807) is 19.3 Å². The summed E-state index contributed by atoms with van der Waals surface area (Å²) < 4.78 is 10.3. The summed E-state index contributed by atoms with van der Waals surface area (Å²) in [7, 11) is 2.84. The highest BCUT2D eigenvalue weighted by atomic mass is 16.5. The number of esters is 1. The minimum atomic E-state index is -0.587. The summed E-state index contributed by atoms with van der Waals surface area (Å²) in [6.07, 6.45) is 6.08. The van der Waals surface area contributed by atoms with Gasteiger partial charge in [0.05, 0.1) is 14.2 Å². The molecule has 0 aliphatic rings. The van der Waals surface area contributed by atoms with E-state index in [-0.39, 0.29) is 11.3 Å². The average Bonchev–Trinajstić information content (AvgIpc) is 2.65. The van der Waals surface area contributed by atoms with Crippen LogP contribution in [0.3, 0.4) is 0 Å². The van der Waals surface area contributed by atoms with Crippen LogP contribution in [0, 0.1) is 0 Å². The van der Waals surface area contributed by atoms with E-state index in [2.05, 4.69) is 0 Å². The Kier molecular flexibility index (Phi) is 6.61. The number of phenols is 1. The Bertz CT molecular complexity index is 829. The van der Waals surface area contributed by atoms with Gasteiger partial charge in [-0.2, -0.15) is 0 Å². The molecule has 0 fully saturated rings. The smallest absolute Gasteiger partial charge is 0.342 e. The van der Waals surface area contributed by atoms with Crippen LogP contribution in [-0.2, 0) is 11.2 Å². The number of hydrogen-bond donors (Lipinski definition) is 1. The number of ether oxygens (including phenoxy) is 2. The molecule has 0 spiro atoms. The topological polar surface area (TPSA) is 55.8 Å². The average molecular weight is 352 g/mol. The maximum Gasteiger partial charge on any atom is 0.342 e. The van der Waals surface area contributed by atoms with Crippen molar-refractivity contribution >= 4 is 18.1 Å². The third kappa shape index (κ3) is 4.54. The zero-order valence-electron chi connectivity index (χ0n) is 15.6. The van der Waals surface area contributed by atoms with Gasteiger partial charge in [0.25, 0.3) is 0 Å². The van der Waals surface area contributed by atoms with Crippen LogP contribution in [0.2, 0.25) is 0 Å². The number of carbonyl (C=O) groups is 1. The second kappa shape index (κ2) is 8.90. The van der Waals surface area contributed by atoms with Crippen molar-refractivity contribution in [2.45, 2.75) is 20.3 Å². The van der Waals surface area contributed by atoms with E-state index in [1.165, 1.54) is 7.11 Å². The highest BCUT2D eigenvalue weighted by molar-refractivity contribution is 5.98. The Labute approximate surface area is 154 Å². The SMILES string of the molecule is COC(=O)c1c(/C=C/c2ccccc2)cc(OC)c(CC=C(C)C)c1O. The standard InChI is InChI=1S/C22H24O4/c1-15(2)10-13-18-19(25-3)14-17(20(21(18)23)22(24)26-4)12-11-16-8-6-5-7-9-16/h5-12,14,23H,13H2,1-4H3/b12-11+. The summed E-state index contributed by atoms with van der Waals surface area (Å²) in [5.74, 6) is -0.168. The molecule has 0 heterocycles. The molecule has 0 aliphatic carbocycles. The third-order valence-corrected chi connectivity index (χ3v) is 3.97. The monoisotopic (exact) mass is 352 g/mol. The van der Waals surface area contributed by atoms with Crippen LogP contribution in [0.15, 0.2) is 48.0 Å². The zero-order chi connectivity index (χ0) is 19.1. The molecule has 1 N–H and O–H groups in total. The van der Waals surface area contributed by atoms with Crippen molar-refractivity contribution in [3.63, 3.8) is 0 Å². The van der Waals surface area contributed by atoms with E-state index in [4.69, 9.17) is 9.47 Å². The van der Waals surface area contributed by atoms with Crippen LogP contribution < -0.4 is 4.74 Å². The van der Waals surface area contributed by atoms with Crippen molar-refractivity contribution in [2.75, 3.05) is 14.2 Å². The molecule has 0 aromatic heterocycles. The van der Waals surface area contributed by atoms with E-state index in [1.807, 2.05) is 56.3 Å². The van der Waals surface area contributed by atoms with Crippen LogP contribution >= 0.6 is 0 Å². The minimum Gasteiger partial charge on any atom is -0.507 e. The fourth-order valence-corrected chi connectivity index (χ4v) is 2.59. The summed E-state index contributed by atoms with van der Waals surface area (Å²) in [6, 6.07) is 11.5. The second-order valence-corrected chi connectivity index (χ2v) is 6.09. The lowest BCUT2D eigenvalue weighted by Gasteiger charge is -2.15. The quantitative estimate of drug-likeness (QED) is 0.458. The van der Waals surface area contributed by atoms with Gasteiger partial charge in [0.15, 0.2) is 0 Å². The summed E-state index contributed by atoms with van der Waals surface area (Å²) in [6.45, 7) is 3.95. The molecule has 0 amide bonds. The van der Waals surface area contributed by atoms with Gasteiger partial charge in [-0.3, -0.25) is 0 Å². The number of benzene rings is 2. The van der Waals surface area contributed by atoms with Gasteiger partial charge in [-0.15, -0.1) is 0 Å². The van der Waals surface area contributed by atoms with Crippen molar-refractivity contribution in [1.29, 1.82) is 0 Å². The molecule has 0 atom stereocenters. The zero-order valence-corrected chi connectivity index (χ0v) is 15.6. The number of carbonyl (C=O) groups excluding carboxylic acids is 1. The number of phenolic OH excluding ortho intramolecular Hbond substituents is 1. The van der Waals surface area contributed by atoms with Gasteiger partial charge >= 0.3 is 5.97 Å². The molecule has 0 unspecified atom stereocenters. The molecule has 26 heavy (non-hydrogen) atoms. The molecule has 4 nitrogen and oxygen atoms in total. The van der Waals surface area contributed by atoms with E-state index in [0.717, 1.165) is 11.1 Å². The highest BCUT2D eigenvalue weighted by Gasteiger charge is 2.22. The predicted molar refractivity (Wildman–Crippen MR) is 105 cm³/mol. The first-order valence-corrected chi connectivity index (χ1v) is 8.35. The molecule has 0 aliphatic heterocycles. The maximum atomic E-state index is 12.3. The first-order valence-electron chi connectivity index (χ1n) is 8.35. The molecule has 2 aromatic rings. The maximum absolute atomic E-state index is 12.3. The Balaban J connectivity index is 2.59. The third-order valence-electron chi connectivity index (χ3n) is 3.97. The Hall–Kier alpha value is -3.01. The number of allylic oxidation sites excluding steroid dienone is 2. The van der Waals surface area contributed by atoms with Gasteiger partial charge in [-0.1, -0.05) is 54.1 Å². The largest absolute Gasteiger partial charge is 0.507 e. The fraction of sp³-hybridized carbons (Fsp3) is 0.227.